The number of hydrazone groups is 1. The third-order valence-electron chi connectivity index (χ3n) is 6.40. The highest BCUT2D eigenvalue weighted by Crippen LogP contribution is 2.39. The number of nitrogens with zero attached hydrogens (tertiary/aromatic N) is 5. The lowest BCUT2D eigenvalue weighted by Crippen LogP contribution is -2.28. The van der Waals surface area contributed by atoms with Gasteiger partial charge in [-0.2, -0.15) is 10.1 Å². The number of fused-ring (bicyclic) bond motifs is 1. The number of hydrogen-bond acceptors (Lipinski definition) is 9. The molecule has 0 amide bonds. The maximum Gasteiger partial charge on any atom is 0.263 e. The Bertz CT molecular complexity index is 1180. The zero-order valence-electron chi connectivity index (χ0n) is 17.9. The SMILES string of the molecule is OC1c2c(F)cccc2C=NN1c1ccc(N[C@H]2CC[C@H](Nc3noc(C4CC4)n3)C2)nc1. The fourth-order valence-corrected chi connectivity index (χ4v) is 4.49. The van der Waals surface area contributed by atoms with Crippen LogP contribution in [-0.4, -0.2) is 38.5 Å². The molecule has 1 aromatic carbocycles. The van der Waals surface area contributed by atoms with E-state index in [4.69, 9.17) is 4.52 Å². The Labute approximate surface area is 189 Å². The molecule has 170 valence electrons. The van der Waals surface area contributed by atoms with Crippen molar-refractivity contribution in [2.75, 3.05) is 15.6 Å². The van der Waals surface area contributed by atoms with E-state index in [-0.39, 0.29) is 17.6 Å². The van der Waals surface area contributed by atoms with Gasteiger partial charge in [-0.05, 0) is 55.5 Å². The van der Waals surface area contributed by atoms with Gasteiger partial charge in [-0.15, -0.1) is 0 Å². The van der Waals surface area contributed by atoms with Gasteiger partial charge in [-0.25, -0.2) is 14.4 Å². The van der Waals surface area contributed by atoms with Crippen molar-refractivity contribution in [3.05, 3.63) is 59.4 Å². The van der Waals surface area contributed by atoms with Crippen LogP contribution in [0.3, 0.4) is 0 Å². The maximum atomic E-state index is 14.2. The molecule has 0 radical (unpaired) electrons. The van der Waals surface area contributed by atoms with Gasteiger partial charge in [0.1, 0.15) is 11.6 Å². The topological polar surface area (TPSA) is 112 Å². The number of halogens is 1. The number of nitrogens with one attached hydrogen (secondary N) is 2. The molecule has 3 N–H and O–H groups in total. The molecule has 3 aliphatic rings. The van der Waals surface area contributed by atoms with E-state index in [1.807, 2.05) is 12.1 Å². The first-order valence-electron chi connectivity index (χ1n) is 11.3. The minimum Gasteiger partial charge on any atom is -0.368 e. The van der Waals surface area contributed by atoms with Crippen molar-refractivity contribution >= 4 is 23.7 Å². The van der Waals surface area contributed by atoms with Gasteiger partial charge < -0.3 is 20.3 Å². The summed E-state index contributed by atoms with van der Waals surface area (Å²) in [6.07, 6.45) is 7.15. The van der Waals surface area contributed by atoms with E-state index in [0.717, 1.165) is 43.8 Å². The van der Waals surface area contributed by atoms with Gasteiger partial charge in [0.15, 0.2) is 6.23 Å². The van der Waals surface area contributed by atoms with Crippen LogP contribution in [-0.2, 0) is 0 Å². The van der Waals surface area contributed by atoms with E-state index < -0.39 is 12.0 Å². The first-order valence-corrected chi connectivity index (χ1v) is 11.3. The highest BCUT2D eigenvalue weighted by molar-refractivity contribution is 5.84. The van der Waals surface area contributed by atoms with Crippen molar-refractivity contribution in [1.29, 1.82) is 0 Å². The number of rotatable bonds is 6. The van der Waals surface area contributed by atoms with Gasteiger partial charge in [0.25, 0.3) is 5.95 Å². The molecule has 3 aromatic rings. The molecule has 2 aliphatic carbocycles. The average Bonchev–Trinajstić information content (AvgIpc) is 3.41. The Morgan fingerprint density at radius 3 is 2.70 bits per heavy atom. The summed E-state index contributed by atoms with van der Waals surface area (Å²) in [6.45, 7) is 0. The molecule has 3 heterocycles. The minimum atomic E-state index is -1.21. The van der Waals surface area contributed by atoms with Crippen molar-refractivity contribution in [3.8, 4) is 0 Å². The lowest BCUT2D eigenvalue weighted by Gasteiger charge is -2.29. The molecule has 0 saturated heterocycles. The van der Waals surface area contributed by atoms with Gasteiger partial charge in [-0.1, -0.05) is 12.1 Å². The quantitative estimate of drug-likeness (QED) is 0.521. The summed E-state index contributed by atoms with van der Waals surface area (Å²) in [5.41, 5.74) is 1.36. The number of aliphatic hydroxyl groups excluding tert-OH is 1. The number of aliphatic hydroxyl groups is 1. The van der Waals surface area contributed by atoms with Crippen molar-refractivity contribution in [2.45, 2.75) is 56.3 Å². The molecule has 3 atom stereocenters. The molecule has 33 heavy (non-hydrogen) atoms. The van der Waals surface area contributed by atoms with E-state index in [0.29, 0.717) is 23.1 Å². The Morgan fingerprint density at radius 1 is 1.06 bits per heavy atom. The second kappa shape index (κ2) is 8.11. The Balaban J connectivity index is 1.07. The molecular formula is C23H24FN7O2. The molecule has 1 aliphatic heterocycles. The van der Waals surface area contributed by atoms with Crippen LogP contribution < -0.4 is 15.6 Å². The molecule has 10 heteroatoms. The second-order valence-corrected chi connectivity index (χ2v) is 8.83. The third-order valence-corrected chi connectivity index (χ3v) is 6.40. The Hall–Kier alpha value is -3.53. The fraction of sp³-hybridized carbons (Fsp3) is 0.391. The van der Waals surface area contributed by atoms with Gasteiger partial charge in [-0.3, -0.25) is 0 Å². The summed E-state index contributed by atoms with van der Waals surface area (Å²) in [7, 11) is 0. The first kappa shape index (κ1) is 20.1. The number of aromatic nitrogens is 3. The van der Waals surface area contributed by atoms with Crippen molar-refractivity contribution in [3.63, 3.8) is 0 Å². The van der Waals surface area contributed by atoms with Gasteiger partial charge in [0.05, 0.1) is 18.1 Å². The van der Waals surface area contributed by atoms with E-state index in [1.165, 1.54) is 11.1 Å². The van der Waals surface area contributed by atoms with Crippen molar-refractivity contribution in [2.24, 2.45) is 5.10 Å². The molecule has 2 fully saturated rings. The summed E-state index contributed by atoms with van der Waals surface area (Å²) in [5.74, 6) is 2.04. The molecule has 1 unspecified atom stereocenters. The first-order chi connectivity index (χ1) is 16.1. The van der Waals surface area contributed by atoms with Crippen LogP contribution >= 0.6 is 0 Å². The monoisotopic (exact) mass is 449 g/mol. The molecule has 2 aromatic heterocycles. The average molecular weight is 449 g/mol. The Morgan fingerprint density at radius 2 is 1.91 bits per heavy atom. The predicted octanol–water partition coefficient (Wildman–Crippen LogP) is 3.77. The largest absolute Gasteiger partial charge is 0.368 e. The van der Waals surface area contributed by atoms with Gasteiger partial charge in [0, 0.05) is 29.1 Å². The summed E-state index contributed by atoms with van der Waals surface area (Å²) >= 11 is 0. The number of hydrogen-bond donors (Lipinski definition) is 3. The van der Waals surface area contributed by atoms with Gasteiger partial charge >= 0.3 is 0 Å². The maximum absolute atomic E-state index is 14.2. The van der Waals surface area contributed by atoms with E-state index >= 15 is 0 Å². The summed E-state index contributed by atoms with van der Waals surface area (Å²) in [4.78, 5) is 8.92. The second-order valence-electron chi connectivity index (χ2n) is 8.83. The number of benzene rings is 1. The zero-order valence-corrected chi connectivity index (χ0v) is 17.9. The van der Waals surface area contributed by atoms with E-state index in [1.54, 1.807) is 24.5 Å². The minimum absolute atomic E-state index is 0.213. The van der Waals surface area contributed by atoms with Crippen LogP contribution in [0.4, 0.5) is 21.8 Å². The van der Waals surface area contributed by atoms with Crippen molar-refractivity contribution in [1.82, 2.24) is 15.1 Å². The van der Waals surface area contributed by atoms with Crippen LogP contribution in [0, 0.1) is 5.82 Å². The van der Waals surface area contributed by atoms with Crippen LogP contribution in [0.25, 0.3) is 0 Å². The molecule has 2 saturated carbocycles. The lowest BCUT2D eigenvalue weighted by molar-refractivity contribution is 0.166. The number of anilines is 3. The smallest absolute Gasteiger partial charge is 0.263 e. The Kier molecular flexibility index (Phi) is 4.94. The zero-order chi connectivity index (χ0) is 22.4. The van der Waals surface area contributed by atoms with Crippen molar-refractivity contribution < 1.29 is 14.0 Å². The van der Waals surface area contributed by atoms with Crippen LogP contribution in [0.15, 0.2) is 46.2 Å². The van der Waals surface area contributed by atoms with Crippen LogP contribution in [0.5, 0.6) is 0 Å². The van der Waals surface area contributed by atoms with Crippen LogP contribution in [0.2, 0.25) is 0 Å². The molecule has 0 bridgehead atoms. The number of pyridine rings is 1. The standard InChI is InChI=1S/C23H24FN7O2/c24-18-3-1-2-14-11-26-31(22(32)20(14)18)17-8-9-19(25-12-17)27-15-6-7-16(10-15)28-23-29-21(33-30-23)13-4-5-13/h1-3,8-9,11-13,15-16,22,32H,4-7,10H2,(H,25,27)(H,28,30)/t15-,16-,22?/m0/s1. The highest BCUT2D eigenvalue weighted by atomic mass is 19.1. The van der Waals surface area contributed by atoms with E-state index in [2.05, 4.69) is 30.9 Å². The summed E-state index contributed by atoms with van der Waals surface area (Å²) in [5, 5.41) is 27.1. The fourth-order valence-electron chi connectivity index (χ4n) is 4.49. The predicted molar refractivity (Wildman–Crippen MR) is 121 cm³/mol. The van der Waals surface area contributed by atoms with Gasteiger partial charge in [0.2, 0.25) is 5.89 Å². The molecule has 6 rings (SSSR count). The third kappa shape index (κ3) is 4.02. The normalized spacial score (nSPS) is 24.1. The highest BCUT2D eigenvalue weighted by Gasteiger charge is 2.31. The van der Waals surface area contributed by atoms with Crippen LogP contribution in [0.1, 0.15) is 61.3 Å². The molecule has 9 nitrogen and oxygen atoms in total. The van der Waals surface area contributed by atoms with E-state index in [9.17, 15) is 9.50 Å². The lowest BCUT2D eigenvalue weighted by atomic mass is 10.0. The summed E-state index contributed by atoms with van der Waals surface area (Å²) in [6, 6.07) is 8.86. The molecular weight excluding hydrogens is 425 g/mol. The molecule has 0 spiro atoms. The summed E-state index contributed by atoms with van der Waals surface area (Å²) < 4.78 is 19.5.